The Morgan fingerprint density at radius 1 is 0.840 bits per heavy atom. The fraction of sp³-hybridized carbons (Fsp3) is 0.619. The summed E-state index contributed by atoms with van der Waals surface area (Å²) in [5, 5.41) is 0. The summed E-state index contributed by atoms with van der Waals surface area (Å²) in [5.41, 5.74) is -0.440. The monoisotopic (exact) mass is 460 g/mol. The third-order valence-electron chi connectivity index (χ3n) is 4.72. The average molecular weight is 459 g/mol. The van der Waals surface area contributed by atoms with Crippen molar-refractivity contribution in [2.24, 2.45) is 0 Å². The second-order valence-corrected chi connectivity index (χ2v) is 19.2. The van der Waals surface area contributed by atoms with Crippen molar-refractivity contribution >= 4 is 18.4 Å². The van der Waals surface area contributed by atoms with E-state index >= 15 is 0 Å². The van der Waals surface area contributed by atoms with Crippen molar-refractivity contribution in [3.63, 3.8) is 0 Å². The molecule has 0 atom stereocenters. The fourth-order valence-corrected chi connectivity index (χ4v) is 16.3. The Hall–Kier alpha value is -0.631. The first-order valence-electron chi connectivity index (χ1n) is 9.58. The van der Waals surface area contributed by atoms with Crippen LogP contribution in [0.5, 0.6) is 0 Å². The molecule has 0 nitrogen and oxygen atoms in total. The molecule has 0 heterocycles. The Morgan fingerprint density at radius 3 is 1.76 bits per heavy atom. The SMILES string of the molecule is CCC[CH2][Sn]([C]#Cc1ccccc1C(F)(F)F)([CH2]CCC)[CH2]CCC. The summed E-state index contributed by atoms with van der Waals surface area (Å²) < 4.78 is 46.8. The van der Waals surface area contributed by atoms with E-state index in [0.29, 0.717) is 0 Å². The van der Waals surface area contributed by atoms with Gasteiger partial charge < -0.3 is 0 Å². The maximum atomic E-state index is 13.2. The Balaban J connectivity index is 3.22. The van der Waals surface area contributed by atoms with Crippen LogP contribution >= 0.6 is 0 Å². The van der Waals surface area contributed by atoms with Crippen molar-refractivity contribution in [2.75, 3.05) is 0 Å². The van der Waals surface area contributed by atoms with Crippen molar-refractivity contribution in [2.45, 2.75) is 78.8 Å². The summed E-state index contributed by atoms with van der Waals surface area (Å²) in [6, 6.07) is 5.76. The molecule has 1 rings (SSSR count). The molecule has 1 aromatic rings. The zero-order valence-electron chi connectivity index (χ0n) is 15.8. The quantitative estimate of drug-likeness (QED) is 0.266. The van der Waals surface area contributed by atoms with E-state index in [1.807, 2.05) is 0 Å². The van der Waals surface area contributed by atoms with Crippen LogP contribution in [-0.2, 0) is 6.18 Å². The molecule has 0 bridgehead atoms. The first-order chi connectivity index (χ1) is 11.9. The molecule has 0 saturated heterocycles. The number of hydrogen-bond acceptors (Lipinski definition) is 0. The first kappa shape index (κ1) is 22.4. The van der Waals surface area contributed by atoms with Gasteiger partial charge in [0.25, 0.3) is 0 Å². The minimum atomic E-state index is -4.33. The molecule has 0 aliphatic carbocycles. The Morgan fingerprint density at radius 2 is 1.32 bits per heavy atom. The van der Waals surface area contributed by atoms with Crippen LogP contribution in [0, 0.1) is 9.86 Å². The number of alkyl halides is 3. The number of hydrogen-bond donors (Lipinski definition) is 0. The summed E-state index contributed by atoms with van der Waals surface area (Å²) in [6.07, 6.45) is 2.57. The molecule has 0 spiro atoms. The van der Waals surface area contributed by atoms with Gasteiger partial charge in [-0.15, -0.1) is 0 Å². The van der Waals surface area contributed by atoms with E-state index in [4.69, 9.17) is 0 Å². The van der Waals surface area contributed by atoms with Crippen molar-refractivity contribution in [3.05, 3.63) is 35.4 Å². The van der Waals surface area contributed by atoms with Gasteiger partial charge in [0.2, 0.25) is 0 Å². The third kappa shape index (κ3) is 7.64. The molecule has 0 amide bonds. The van der Waals surface area contributed by atoms with Crippen LogP contribution < -0.4 is 0 Å². The summed E-state index contributed by atoms with van der Waals surface area (Å²) in [5.74, 6) is 3.01. The minimum absolute atomic E-state index is 0.153. The maximum absolute atomic E-state index is 13.2. The van der Waals surface area contributed by atoms with Crippen molar-refractivity contribution in [1.82, 2.24) is 0 Å². The van der Waals surface area contributed by atoms with E-state index in [-0.39, 0.29) is 5.56 Å². The summed E-state index contributed by atoms with van der Waals surface area (Å²) >= 11 is -2.72. The van der Waals surface area contributed by atoms with Gasteiger partial charge in [0.15, 0.2) is 0 Å². The zero-order chi connectivity index (χ0) is 18.8. The summed E-state index contributed by atoms with van der Waals surface area (Å²) in [6.45, 7) is 6.55. The summed E-state index contributed by atoms with van der Waals surface area (Å²) in [4.78, 5) is 0. The van der Waals surface area contributed by atoms with E-state index in [1.54, 1.807) is 6.07 Å². The van der Waals surface area contributed by atoms with Crippen molar-refractivity contribution < 1.29 is 13.2 Å². The van der Waals surface area contributed by atoms with Gasteiger partial charge in [-0.3, -0.25) is 0 Å². The molecule has 0 saturated carbocycles. The van der Waals surface area contributed by atoms with Crippen LogP contribution in [0.1, 0.15) is 70.4 Å². The van der Waals surface area contributed by atoms with Gasteiger partial charge in [0, 0.05) is 0 Å². The molecule has 0 fully saturated rings. The van der Waals surface area contributed by atoms with E-state index in [1.165, 1.54) is 44.7 Å². The van der Waals surface area contributed by atoms with Crippen LogP contribution in [0.3, 0.4) is 0 Å². The molecule has 0 N–H and O–H groups in total. The van der Waals surface area contributed by atoms with Crippen LogP contribution in [0.25, 0.3) is 0 Å². The van der Waals surface area contributed by atoms with Gasteiger partial charge in [-0.1, -0.05) is 0 Å². The zero-order valence-corrected chi connectivity index (χ0v) is 18.7. The number of unbranched alkanes of at least 4 members (excludes halogenated alkanes) is 3. The van der Waals surface area contributed by atoms with E-state index in [9.17, 15) is 13.2 Å². The summed E-state index contributed by atoms with van der Waals surface area (Å²) in [7, 11) is 0. The van der Waals surface area contributed by atoms with Crippen LogP contribution in [0.2, 0.25) is 13.3 Å². The standard InChI is InChI=1S/C9H4F3.3C4H9.Sn/c1-2-7-5-3-4-6-8(7)9(10,11)12;3*1-3-4-2;/h3-6H;3*1,3-4H2,2H3;. The average Bonchev–Trinajstić information content (AvgIpc) is 2.60. The molecule has 140 valence electrons. The van der Waals surface area contributed by atoms with E-state index in [0.717, 1.165) is 25.3 Å². The fourth-order valence-electron chi connectivity index (χ4n) is 3.15. The predicted octanol–water partition coefficient (Wildman–Crippen LogP) is 7.45. The molecule has 0 radical (unpaired) electrons. The molecule has 4 heteroatoms. The first-order valence-corrected chi connectivity index (χ1v) is 17.1. The predicted molar refractivity (Wildman–Crippen MR) is 103 cm³/mol. The van der Waals surface area contributed by atoms with Gasteiger partial charge in [-0.05, 0) is 0 Å². The number of halogens is 3. The molecule has 1 aromatic carbocycles. The van der Waals surface area contributed by atoms with Crippen LogP contribution in [0.15, 0.2) is 24.3 Å². The van der Waals surface area contributed by atoms with Crippen LogP contribution in [0.4, 0.5) is 13.2 Å². The van der Waals surface area contributed by atoms with Gasteiger partial charge in [-0.2, -0.15) is 0 Å². The van der Waals surface area contributed by atoms with Crippen molar-refractivity contribution in [3.8, 4) is 9.86 Å². The molecular weight excluding hydrogens is 428 g/mol. The molecule has 25 heavy (non-hydrogen) atoms. The van der Waals surface area contributed by atoms with Gasteiger partial charge in [0.05, 0.1) is 0 Å². The third-order valence-corrected chi connectivity index (χ3v) is 17.8. The Labute approximate surface area is 155 Å². The second kappa shape index (κ2) is 11.2. The number of rotatable bonds is 9. The van der Waals surface area contributed by atoms with Gasteiger partial charge in [-0.25, -0.2) is 0 Å². The van der Waals surface area contributed by atoms with Crippen LogP contribution in [-0.4, -0.2) is 18.4 Å². The van der Waals surface area contributed by atoms with E-state index < -0.39 is 30.1 Å². The van der Waals surface area contributed by atoms with Gasteiger partial charge in [0.1, 0.15) is 0 Å². The normalized spacial score (nSPS) is 11.9. The Bertz CT molecular complexity index is 545. The molecule has 0 aliphatic rings. The molecule has 0 aromatic heterocycles. The van der Waals surface area contributed by atoms with E-state index in [2.05, 4.69) is 30.6 Å². The Kier molecular flexibility index (Phi) is 10.0. The molecular formula is C21H31F3Sn. The second-order valence-electron chi connectivity index (χ2n) is 6.88. The van der Waals surface area contributed by atoms with Crippen molar-refractivity contribution in [1.29, 1.82) is 0 Å². The molecule has 0 aliphatic heterocycles. The topological polar surface area (TPSA) is 0 Å². The number of benzene rings is 1. The van der Waals surface area contributed by atoms with Gasteiger partial charge >= 0.3 is 156 Å². The molecule has 0 unspecified atom stereocenters.